The molecule has 122 valence electrons. The van der Waals surface area contributed by atoms with Crippen molar-refractivity contribution >= 4 is 63.7 Å². The topological polar surface area (TPSA) is 77.3 Å². The lowest BCUT2D eigenvalue weighted by Gasteiger charge is -2.01. The Kier molecular flexibility index (Phi) is 2.82. The molecule has 0 atom stereocenters. The normalized spacial score (nSPS) is 11.8. The molecule has 0 radical (unpaired) electrons. The van der Waals surface area contributed by atoms with Gasteiger partial charge in [-0.05, 0) is 18.2 Å². The third-order valence-electron chi connectivity index (χ3n) is 4.27. The number of aromatic nitrogens is 6. The number of nitrogens with zero attached hydrogens (tertiary/aromatic N) is 6. The molecule has 6 nitrogen and oxygen atoms in total. The SMILES string of the molecule is c1cnc2c(c1)sc1nc(-c3ccc4c(c3)sc3nncnc34)cnc12. The first-order chi connectivity index (χ1) is 12.9. The summed E-state index contributed by atoms with van der Waals surface area (Å²) < 4.78 is 2.22. The summed E-state index contributed by atoms with van der Waals surface area (Å²) in [7, 11) is 0. The smallest absolute Gasteiger partial charge is 0.165 e. The van der Waals surface area contributed by atoms with Gasteiger partial charge in [0.1, 0.15) is 27.7 Å². The highest BCUT2D eigenvalue weighted by molar-refractivity contribution is 7.25. The van der Waals surface area contributed by atoms with Crippen LogP contribution in [0.25, 0.3) is 52.3 Å². The predicted molar refractivity (Wildman–Crippen MR) is 104 cm³/mol. The van der Waals surface area contributed by atoms with Crippen LogP contribution in [0.5, 0.6) is 0 Å². The van der Waals surface area contributed by atoms with Gasteiger partial charge in [-0.2, -0.15) is 0 Å². The molecule has 0 aliphatic heterocycles. The third-order valence-corrected chi connectivity index (χ3v) is 6.32. The second-order valence-corrected chi connectivity index (χ2v) is 7.85. The predicted octanol–water partition coefficient (Wildman–Crippen LogP) is 4.46. The van der Waals surface area contributed by atoms with Crippen molar-refractivity contribution in [2.24, 2.45) is 0 Å². The minimum absolute atomic E-state index is 0.844. The number of hydrogen-bond donors (Lipinski definition) is 0. The molecule has 0 N–H and O–H groups in total. The molecular weight excluding hydrogens is 364 g/mol. The molecule has 5 heterocycles. The van der Waals surface area contributed by atoms with Crippen LogP contribution < -0.4 is 0 Å². The highest BCUT2D eigenvalue weighted by atomic mass is 32.1. The molecule has 6 aromatic rings. The average molecular weight is 372 g/mol. The van der Waals surface area contributed by atoms with Gasteiger partial charge >= 0.3 is 0 Å². The molecule has 0 bridgehead atoms. The molecule has 26 heavy (non-hydrogen) atoms. The highest BCUT2D eigenvalue weighted by Crippen LogP contribution is 2.35. The molecule has 0 saturated carbocycles. The van der Waals surface area contributed by atoms with Crippen LogP contribution in [0.4, 0.5) is 0 Å². The molecule has 0 fully saturated rings. The van der Waals surface area contributed by atoms with Crippen molar-refractivity contribution in [2.75, 3.05) is 0 Å². The molecule has 0 saturated heterocycles. The number of pyridine rings is 1. The molecule has 0 aliphatic carbocycles. The van der Waals surface area contributed by atoms with E-state index in [1.54, 1.807) is 28.9 Å². The van der Waals surface area contributed by atoms with Crippen LogP contribution in [-0.4, -0.2) is 30.1 Å². The minimum Gasteiger partial charge on any atom is -0.253 e. The number of benzene rings is 1. The Balaban J connectivity index is 1.57. The number of rotatable bonds is 1. The first kappa shape index (κ1) is 14.1. The second kappa shape index (κ2) is 5.20. The summed E-state index contributed by atoms with van der Waals surface area (Å²) in [6.07, 6.45) is 5.09. The van der Waals surface area contributed by atoms with E-state index in [0.29, 0.717) is 0 Å². The lowest BCUT2D eigenvalue weighted by Crippen LogP contribution is -1.86. The molecule has 1 aromatic carbocycles. The maximum Gasteiger partial charge on any atom is 0.165 e. The molecule has 0 amide bonds. The average Bonchev–Trinajstić information content (AvgIpc) is 3.24. The fraction of sp³-hybridized carbons (Fsp3) is 0. The van der Waals surface area contributed by atoms with Gasteiger partial charge in [0, 0.05) is 21.8 Å². The summed E-state index contributed by atoms with van der Waals surface area (Å²) in [6, 6.07) is 10.2. The van der Waals surface area contributed by atoms with Crippen LogP contribution in [-0.2, 0) is 0 Å². The summed E-state index contributed by atoms with van der Waals surface area (Å²) in [5, 5.41) is 9.11. The second-order valence-electron chi connectivity index (χ2n) is 5.79. The zero-order valence-electron chi connectivity index (χ0n) is 13.1. The molecule has 5 aromatic heterocycles. The van der Waals surface area contributed by atoms with E-state index in [9.17, 15) is 0 Å². The zero-order chi connectivity index (χ0) is 17.1. The van der Waals surface area contributed by atoms with Crippen molar-refractivity contribution in [1.29, 1.82) is 0 Å². The van der Waals surface area contributed by atoms with E-state index >= 15 is 0 Å². The lowest BCUT2D eigenvalue weighted by molar-refractivity contribution is 1.03. The molecule has 0 aliphatic rings. The van der Waals surface area contributed by atoms with Crippen LogP contribution in [0, 0.1) is 0 Å². The summed E-state index contributed by atoms with van der Waals surface area (Å²) >= 11 is 3.20. The van der Waals surface area contributed by atoms with E-state index in [2.05, 4.69) is 43.3 Å². The Hall–Kier alpha value is -3.10. The Morgan fingerprint density at radius 2 is 1.77 bits per heavy atom. The van der Waals surface area contributed by atoms with Crippen LogP contribution in [0.3, 0.4) is 0 Å². The molecule has 0 unspecified atom stereocenters. The number of thiophene rings is 2. The van der Waals surface area contributed by atoms with E-state index in [4.69, 9.17) is 4.98 Å². The fourth-order valence-corrected chi connectivity index (χ4v) is 5.09. The van der Waals surface area contributed by atoms with Gasteiger partial charge < -0.3 is 0 Å². The van der Waals surface area contributed by atoms with Gasteiger partial charge in [0.15, 0.2) is 4.83 Å². The van der Waals surface area contributed by atoms with Crippen LogP contribution in [0.15, 0.2) is 49.1 Å². The van der Waals surface area contributed by atoms with Gasteiger partial charge in [-0.15, -0.1) is 32.9 Å². The lowest BCUT2D eigenvalue weighted by atomic mass is 10.1. The maximum absolute atomic E-state index is 4.82. The van der Waals surface area contributed by atoms with Gasteiger partial charge in [-0.1, -0.05) is 12.1 Å². The monoisotopic (exact) mass is 372 g/mol. The van der Waals surface area contributed by atoms with Gasteiger partial charge in [0.05, 0.1) is 16.6 Å². The van der Waals surface area contributed by atoms with Crippen molar-refractivity contribution in [3.63, 3.8) is 0 Å². The highest BCUT2D eigenvalue weighted by Gasteiger charge is 2.12. The Bertz CT molecular complexity index is 1340. The van der Waals surface area contributed by atoms with Crippen LogP contribution >= 0.6 is 22.7 Å². The van der Waals surface area contributed by atoms with Gasteiger partial charge in [0.25, 0.3) is 0 Å². The molecular formula is C18H8N6S2. The minimum atomic E-state index is 0.844. The number of hydrogen-bond acceptors (Lipinski definition) is 8. The van der Waals surface area contributed by atoms with E-state index in [-0.39, 0.29) is 0 Å². The van der Waals surface area contributed by atoms with E-state index in [1.165, 1.54) is 6.33 Å². The molecule has 0 spiro atoms. The first-order valence-corrected chi connectivity index (χ1v) is 9.51. The third kappa shape index (κ3) is 1.97. The van der Waals surface area contributed by atoms with Crippen LogP contribution in [0.1, 0.15) is 0 Å². The quantitative estimate of drug-likeness (QED) is 0.424. The summed E-state index contributed by atoms with van der Waals surface area (Å²) in [5.41, 5.74) is 4.54. The van der Waals surface area contributed by atoms with Crippen molar-refractivity contribution in [3.05, 3.63) is 49.1 Å². The summed E-state index contributed by atoms with van der Waals surface area (Å²) in [4.78, 5) is 20.0. The van der Waals surface area contributed by atoms with E-state index in [0.717, 1.165) is 52.3 Å². The van der Waals surface area contributed by atoms with Gasteiger partial charge in [-0.25, -0.2) is 15.0 Å². The van der Waals surface area contributed by atoms with Crippen molar-refractivity contribution < 1.29 is 0 Å². The summed E-state index contributed by atoms with van der Waals surface area (Å²) in [6.45, 7) is 0. The maximum atomic E-state index is 4.82. The largest absolute Gasteiger partial charge is 0.253 e. The van der Waals surface area contributed by atoms with Gasteiger partial charge in [-0.3, -0.25) is 4.98 Å². The molecule has 6 rings (SSSR count). The first-order valence-electron chi connectivity index (χ1n) is 7.87. The fourth-order valence-electron chi connectivity index (χ4n) is 3.08. The molecule has 8 heteroatoms. The Morgan fingerprint density at radius 1 is 0.808 bits per heavy atom. The van der Waals surface area contributed by atoms with Gasteiger partial charge in [0.2, 0.25) is 0 Å². The van der Waals surface area contributed by atoms with E-state index in [1.807, 2.05) is 18.3 Å². The standard InChI is InChI=1S/C18H8N6S2/c1-2-12-15(19-5-1)16-17(25-12)23-11(7-20-16)9-3-4-10-13(6-9)26-18-14(10)21-8-22-24-18/h1-8H. The Morgan fingerprint density at radius 3 is 2.77 bits per heavy atom. The van der Waals surface area contributed by atoms with E-state index < -0.39 is 0 Å². The van der Waals surface area contributed by atoms with Crippen molar-refractivity contribution in [3.8, 4) is 11.3 Å². The van der Waals surface area contributed by atoms with Crippen molar-refractivity contribution in [1.82, 2.24) is 30.1 Å². The zero-order valence-corrected chi connectivity index (χ0v) is 14.8. The van der Waals surface area contributed by atoms with Crippen LogP contribution in [0.2, 0.25) is 0 Å². The number of fused-ring (bicyclic) bond motifs is 6. The summed E-state index contributed by atoms with van der Waals surface area (Å²) in [5.74, 6) is 0. The van der Waals surface area contributed by atoms with Crippen molar-refractivity contribution in [2.45, 2.75) is 0 Å². The Labute approximate surface area is 154 Å².